The third kappa shape index (κ3) is 3.72. The second-order valence-electron chi connectivity index (χ2n) is 5.72. The Balaban J connectivity index is 1.57. The van der Waals surface area contributed by atoms with Crippen LogP contribution < -0.4 is 10.6 Å². The van der Waals surface area contributed by atoms with Gasteiger partial charge in [-0.25, -0.2) is 4.79 Å². The summed E-state index contributed by atoms with van der Waals surface area (Å²) in [4.78, 5) is 12.0. The topological polar surface area (TPSA) is 54.3 Å². The standard InChI is InChI=1S/C19H20N2O2/c1-13-7-9-15(10-8-13)12-20-19(22)21-14(2)18-11-16-5-3-4-6-17(16)23-18/h3-11,14H,12H2,1-2H3,(H2,20,21,22)/t14-/m0/s1. The maximum Gasteiger partial charge on any atom is 0.315 e. The summed E-state index contributed by atoms with van der Waals surface area (Å²) >= 11 is 0. The number of urea groups is 1. The fourth-order valence-electron chi connectivity index (χ4n) is 2.42. The van der Waals surface area contributed by atoms with Crippen LogP contribution in [0.2, 0.25) is 0 Å². The number of aryl methyl sites for hydroxylation is 1. The molecule has 2 N–H and O–H groups in total. The zero-order chi connectivity index (χ0) is 16.2. The summed E-state index contributed by atoms with van der Waals surface area (Å²) in [5.74, 6) is 0.747. The van der Waals surface area contributed by atoms with E-state index in [1.165, 1.54) is 5.56 Å². The molecule has 0 saturated carbocycles. The molecular formula is C19H20N2O2. The number of hydrogen-bond donors (Lipinski definition) is 2. The normalized spacial score (nSPS) is 12.1. The van der Waals surface area contributed by atoms with Crippen LogP contribution >= 0.6 is 0 Å². The molecule has 0 aliphatic rings. The maximum absolute atomic E-state index is 12.0. The molecule has 0 spiro atoms. The third-order valence-corrected chi connectivity index (χ3v) is 3.79. The summed E-state index contributed by atoms with van der Waals surface area (Å²) < 4.78 is 5.76. The summed E-state index contributed by atoms with van der Waals surface area (Å²) in [6, 6.07) is 17.5. The SMILES string of the molecule is Cc1ccc(CNC(=O)N[C@@H](C)c2cc3ccccc3o2)cc1. The van der Waals surface area contributed by atoms with E-state index in [0.717, 1.165) is 22.3 Å². The van der Waals surface area contributed by atoms with Crippen molar-refractivity contribution in [3.8, 4) is 0 Å². The van der Waals surface area contributed by atoms with Gasteiger partial charge in [0.05, 0.1) is 6.04 Å². The van der Waals surface area contributed by atoms with Gasteiger partial charge in [0.1, 0.15) is 11.3 Å². The van der Waals surface area contributed by atoms with E-state index in [4.69, 9.17) is 4.42 Å². The summed E-state index contributed by atoms with van der Waals surface area (Å²) in [5, 5.41) is 6.79. The number of carbonyl (C=O) groups is 1. The van der Waals surface area contributed by atoms with Crippen LogP contribution in [0.5, 0.6) is 0 Å². The Bertz CT molecular complexity index is 773. The van der Waals surface area contributed by atoms with Crippen molar-refractivity contribution in [2.75, 3.05) is 0 Å². The molecule has 0 fully saturated rings. The van der Waals surface area contributed by atoms with Gasteiger partial charge >= 0.3 is 6.03 Å². The minimum Gasteiger partial charge on any atom is -0.459 e. The van der Waals surface area contributed by atoms with E-state index in [9.17, 15) is 4.79 Å². The van der Waals surface area contributed by atoms with Crippen molar-refractivity contribution in [3.05, 3.63) is 71.5 Å². The molecule has 4 nitrogen and oxygen atoms in total. The molecule has 1 heterocycles. The van der Waals surface area contributed by atoms with E-state index >= 15 is 0 Å². The Hall–Kier alpha value is -2.75. The molecule has 3 rings (SSSR count). The zero-order valence-electron chi connectivity index (χ0n) is 13.3. The van der Waals surface area contributed by atoms with Gasteiger partial charge in [-0.1, -0.05) is 48.0 Å². The lowest BCUT2D eigenvalue weighted by atomic mass is 10.1. The van der Waals surface area contributed by atoms with Crippen LogP contribution in [0.1, 0.15) is 29.9 Å². The molecule has 2 aromatic carbocycles. The van der Waals surface area contributed by atoms with Crippen LogP contribution in [-0.2, 0) is 6.54 Å². The molecule has 1 aromatic heterocycles. The molecule has 2 amide bonds. The van der Waals surface area contributed by atoms with Crippen LogP contribution in [-0.4, -0.2) is 6.03 Å². The Morgan fingerprint density at radius 2 is 1.87 bits per heavy atom. The minimum absolute atomic E-state index is 0.194. The maximum atomic E-state index is 12.0. The molecule has 118 valence electrons. The van der Waals surface area contributed by atoms with Gasteiger partial charge in [0, 0.05) is 11.9 Å². The highest BCUT2D eigenvalue weighted by Gasteiger charge is 2.13. The fourth-order valence-corrected chi connectivity index (χ4v) is 2.42. The van der Waals surface area contributed by atoms with Crippen molar-refractivity contribution in [1.82, 2.24) is 10.6 Å². The van der Waals surface area contributed by atoms with Gasteiger partial charge in [0.2, 0.25) is 0 Å². The lowest BCUT2D eigenvalue weighted by Crippen LogP contribution is -2.36. The van der Waals surface area contributed by atoms with Crippen molar-refractivity contribution in [3.63, 3.8) is 0 Å². The van der Waals surface area contributed by atoms with Crippen molar-refractivity contribution < 1.29 is 9.21 Å². The monoisotopic (exact) mass is 308 g/mol. The number of benzene rings is 2. The average Bonchev–Trinajstić information content (AvgIpc) is 2.98. The molecule has 1 atom stereocenters. The van der Waals surface area contributed by atoms with Crippen LogP contribution in [0, 0.1) is 6.92 Å². The van der Waals surface area contributed by atoms with Crippen LogP contribution in [0.4, 0.5) is 4.79 Å². The Kier molecular flexibility index (Phi) is 4.33. The molecule has 0 aliphatic heterocycles. The molecule has 0 saturated heterocycles. The number of carbonyl (C=O) groups excluding carboxylic acids is 1. The Morgan fingerprint density at radius 1 is 1.13 bits per heavy atom. The number of nitrogens with one attached hydrogen (secondary N) is 2. The van der Waals surface area contributed by atoms with Crippen molar-refractivity contribution in [2.45, 2.75) is 26.4 Å². The molecule has 3 aromatic rings. The van der Waals surface area contributed by atoms with Gasteiger partial charge in [0.15, 0.2) is 0 Å². The molecule has 0 unspecified atom stereocenters. The quantitative estimate of drug-likeness (QED) is 0.755. The van der Waals surface area contributed by atoms with Gasteiger partial charge < -0.3 is 15.1 Å². The summed E-state index contributed by atoms with van der Waals surface area (Å²) in [5.41, 5.74) is 3.11. The predicted octanol–water partition coefficient (Wildman–Crippen LogP) is 4.30. The van der Waals surface area contributed by atoms with Crippen molar-refractivity contribution in [1.29, 1.82) is 0 Å². The Labute approximate surface area is 135 Å². The highest BCUT2D eigenvalue weighted by atomic mass is 16.3. The molecule has 0 aliphatic carbocycles. The second kappa shape index (κ2) is 6.57. The van der Waals surface area contributed by atoms with E-state index < -0.39 is 0 Å². The second-order valence-corrected chi connectivity index (χ2v) is 5.72. The van der Waals surface area contributed by atoms with E-state index in [1.54, 1.807) is 0 Å². The van der Waals surface area contributed by atoms with Crippen LogP contribution in [0.3, 0.4) is 0 Å². The fraction of sp³-hybridized carbons (Fsp3) is 0.211. The number of fused-ring (bicyclic) bond motifs is 1. The first kappa shape index (κ1) is 15.2. The van der Waals surface area contributed by atoms with E-state index in [2.05, 4.69) is 10.6 Å². The van der Waals surface area contributed by atoms with Crippen molar-refractivity contribution in [2.24, 2.45) is 0 Å². The number of furan rings is 1. The summed E-state index contributed by atoms with van der Waals surface area (Å²) in [6.07, 6.45) is 0. The molecule has 4 heteroatoms. The van der Waals surface area contributed by atoms with Gasteiger partial charge in [-0.2, -0.15) is 0 Å². The van der Waals surface area contributed by atoms with E-state index in [0.29, 0.717) is 6.54 Å². The van der Waals surface area contributed by atoms with Gasteiger partial charge in [-0.3, -0.25) is 0 Å². The summed E-state index contributed by atoms with van der Waals surface area (Å²) in [6.45, 7) is 4.45. The third-order valence-electron chi connectivity index (χ3n) is 3.79. The first-order chi connectivity index (χ1) is 11.1. The van der Waals surface area contributed by atoms with Crippen molar-refractivity contribution >= 4 is 17.0 Å². The van der Waals surface area contributed by atoms with E-state index in [-0.39, 0.29) is 12.1 Å². The van der Waals surface area contributed by atoms with Gasteiger partial charge in [-0.05, 0) is 31.5 Å². The largest absolute Gasteiger partial charge is 0.459 e. The summed E-state index contributed by atoms with van der Waals surface area (Å²) in [7, 11) is 0. The number of para-hydroxylation sites is 1. The average molecular weight is 308 g/mol. The number of hydrogen-bond acceptors (Lipinski definition) is 2. The molecule has 0 bridgehead atoms. The van der Waals surface area contributed by atoms with Gasteiger partial charge in [-0.15, -0.1) is 0 Å². The number of amides is 2. The smallest absolute Gasteiger partial charge is 0.315 e. The Morgan fingerprint density at radius 3 is 2.61 bits per heavy atom. The minimum atomic E-state index is -0.210. The van der Waals surface area contributed by atoms with Crippen LogP contribution in [0.25, 0.3) is 11.0 Å². The zero-order valence-corrected chi connectivity index (χ0v) is 13.3. The number of rotatable bonds is 4. The predicted molar refractivity (Wildman–Crippen MR) is 91.2 cm³/mol. The molecular weight excluding hydrogens is 288 g/mol. The first-order valence-electron chi connectivity index (χ1n) is 7.70. The molecule has 0 radical (unpaired) electrons. The van der Waals surface area contributed by atoms with Crippen LogP contribution in [0.15, 0.2) is 59.0 Å². The first-order valence-corrected chi connectivity index (χ1v) is 7.70. The lowest BCUT2D eigenvalue weighted by molar-refractivity contribution is 0.236. The highest BCUT2D eigenvalue weighted by molar-refractivity contribution is 5.78. The lowest BCUT2D eigenvalue weighted by Gasteiger charge is -2.12. The highest BCUT2D eigenvalue weighted by Crippen LogP contribution is 2.23. The van der Waals surface area contributed by atoms with Gasteiger partial charge in [0.25, 0.3) is 0 Å². The molecule has 23 heavy (non-hydrogen) atoms. The van der Waals surface area contributed by atoms with E-state index in [1.807, 2.05) is 68.4 Å².